The van der Waals surface area contributed by atoms with Crippen molar-refractivity contribution in [1.29, 1.82) is 0 Å². The fourth-order valence-electron chi connectivity index (χ4n) is 2.74. The summed E-state index contributed by atoms with van der Waals surface area (Å²) in [6.07, 6.45) is -0.847. The molecule has 1 aliphatic heterocycles. The van der Waals surface area contributed by atoms with Gasteiger partial charge in [0.2, 0.25) is 0 Å². The largest absolute Gasteiger partial charge is 0.428 e. The third-order valence-electron chi connectivity index (χ3n) is 4.05. The number of nitrogens with zero attached hydrogens (tertiary/aromatic N) is 2. The first-order valence-corrected chi connectivity index (χ1v) is 7.78. The van der Waals surface area contributed by atoms with Crippen LogP contribution in [0.3, 0.4) is 0 Å². The van der Waals surface area contributed by atoms with E-state index in [1.807, 2.05) is 42.3 Å². The average molecular weight is 329 g/mol. The second-order valence-corrected chi connectivity index (χ2v) is 5.75. The van der Waals surface area contributed by atoms with Gasteiger partial charge in [0, 0.05) is 13.6 Å². The van der Waals surface area contributed by atoms with Crippen molar-refractivity contribution in [1.82, 2.24) is 5.32 Å². The van der Waals surface area contributed by atoms with E-state index in [9.17, 15) is 9.18 Å². The summed E-state index contributed by atoms with van der Waals surface area (Å²) in [5.74, 6) is -0.369. The first kappa shape index (κ1) is 16.3. The van der Waals surface area contributed by atoms with Gasteiger partial charge in [-0.2, -0.15) is 0 Å². The fourth-order valence-corrected chi connectivity index (χ4v) is 2.74. The highest BCUT2D eigenvalue weighted by atomic mass is 19.1. The Morgan fingerprint density at radius 2 is 2.04 bits per heavy atom. The van der Waals surface area contributed by atoms with Crippen molar-refractivity contribution >= 4 is 17.5 Å². The quantitative estimate of drug-likeness (QED) is 0.916. The average Bonchev–Trinajstić information content (AvgIpc) is 2.96. The van der Waals surface area contributed by atoms with Crippen molar-refractivity contribution < 1.29 is 13.9 Å². The standard InChI is InChI=1S/C18H20FN3O2/c1-20-17-12-22(18(23)24-17)14-8-9-16(15(19)10-14)21(2)11-13-6-4-3-5-7-13/h3-10,17,20H,11-12H2,1-2H3. The van der Waals surface area contributed by atoms with Gasteiger partial charge in [0.25, 0.3) is 0 Å². The molecule has 126 valence electrons. The summed E-state index contributed by atoms with van der Waals surface area (Å²) in [6.45, 7) is 0.957. The Morgan fingerprint density at radius 1 is 1.29 bits per heavy atom. The van der Waals surface area contributed by atoms with Crippen molar-refractivity contribution in [3.05, 3.63) is 59.9 Å². The lowest BCUT2D eigenvalue weighted by atomic mass is 10.2. The van der Waals surface area contributed by atoms with Gasteiger partial charge >= 0.3 is 6.09 Å². The van der Waals surface area contributed by atoms with E-state index < -0.39 is 6.09 Å². The van der Waals surface area contributed by atoms with Crippen molar-refractivity contribution in [2.24, 2.45) is 0 Å². The maximum Gasteiger partial charge on any atom is 0.416 e. The molecule has 5 nitrogen and oxygen atoms in total. The zero-order valence-electron chi connectivity index (χ0n) is 13.7. The van der Waals surface area contributed by atoms with Gasteiger partial charge in [0.05, 0.1) is 17.9 Å². The maximum atomic E-state index is 14.5. The molecule has 0 saturated carbocycles. The molecule has 24 heavy (non-hydrogen) atoms. The predicted octanol–water partition coefficient (Wildman–Crippen LogP) is 2.96. The summed E-state index contributed by atoms with van der Waals surface area (Å²) in [7, 11) is 3.55. The minimum absolute atomic E-state index is 0.355. The van der Waals surface area contributed by atoms with Crippen LogP contribution >= 0.6 is 0 Å². The SMILES string of the molecule is CNC1CN(c2ccc(N(C)Cc3ccccc3)c(F)c2)C(=O)O1. The molecule has 1 saturated heterocycles. The third-order valence-corrected chi connectivity index (χ3v) is 4.05. The number of likely N-dealkylation sites (N-methyl/N-ethyl adjacent to an activating group) is 1. The number of anilines is 2. The minimum atomic E-state index is -0.473. The molecule has 0 aromatic heterocycles. The van der Waals surface area contributed by atoms with Crippen LogP contribution in [0.2, 0.25) is 0 Å². The second kappa shape index (κ2) is 6.88. The molecule has 0 bridgehead atoms. The van der Waals surface area contributed by atoms with Gasteiger partial charge in [-0.15, -0.1) is 0 Å². The summed E-state index contributed by atoms with van der Waals surface area (Å²) in [5, 5.41) is 2.88. The van der Waals surface area contributed by atoms with E-state index in [-0.39, 0.29) is 12.0 Å². The molecule has 1 amide bonds. The molecule has 3 rings (SSSR count). The van der Waals surface area contributed by atoms with Crippen molar-refractivity contribution in [3.63, 3.8) is 0 Å². The van der Waals surface area contributed by atoms with Gasteiger partial charge in [-0.3, -0.25) is 10.2 Å². The van der Waals surface area contributed by atoms with Crippen LogP contribution in [-0.2, 0) is 11.3 Å². The van der Waals surface area contributed by atoms with E-state index in [0.29, 0.717) is 24.5 Å². The highest BCUT2D eigenvalue weighted by molar-refractivity contribution is 5.90. The Balaban J connectivity index is 1.76. The summed E-state index contributed by atoms with van der Waals surface area (Å²) in [5.41, 5.74) is 2.08. The Kier molecular flexibility index (Phi) is 4.66. The zero-order valence-corrected chi connectivity index (χ0v) is 13.7. The monoisotopic (exact) mass is 329 g/mol. The minimum Gasteiger partial charge on any atom is -0.428 e. The van der Waals surface area contributed by atoms with Crippen molar-refractivity contribution in [2.75, 3.05) is 30.4 Å². The van der Waals surface area contributed by atoms with Gasteiger partial charge in [0.1, 0.15) is 5.82 Å². The van der Waals surface area contributed by atoms with Crippen LogP contribution in [-0.4, -0.2) is 33.0 Å². The van der Waals surface area contributed by atoms with Crippen LogP contribution in [0.4, 0.5) is 20.6 Å². The molecule has 2 aromatic carbocycles. The smallest absolute Gasteiger partial charge is 0.416 e. The Bertz CT molecular complexity index is 723. The lowest BCUT2D eigenvalue weighted by molar-refractivity contribution is 0.128. The number of nitrogens with one attached hydrogen (secondary N) is 1. The highest BCUT2D eigenvalue weighted by Crippen LogP contribution is 2.27. The molecule has 6 heteroatoms. The fraction of sp³-hybridized carbons (Fsp3) is 0.278. The normalized spacial score (nSPS) is 17.0. The van der Waals surface area contributed by atoms with Gasteiger partial charge in [0.15, 0.2) is 6.23 Å². The first-order chi connectivity index (χ1) is 11.6. The number of amides is 1. The number of cyclic esters (lactones) is 1. The van der Waals surface area contributed by atoms with E-state index in [1.165, 1.54) is 11.0 Å². The van der Waals surface area contributed by atoms with Crippen molar-refractivity contribution in [2.45, 2.75) is 12.8 Å². The molecule has 0 spiro atoms. The number of ether oxygens (including phenoxy) is 1. The van der Waals surface area contributed by atoms with Crippen molar-refractivity contribution in [3.8, 4) is 0 Å². The van der Waals surface area contributed by atoms with Crippen LogP contribution in [0, 0.1) is 5.82 Å². The van der Waals surface area contributed by atoms with Crippen LogP contribution in [0.5, 0.6) is 0 Å². The maximum absolute atomic E-state index is 14.5. The lowest BCUT2D eigenvalue weighted by Crippen LogP contribution is -2.30. The van der Waals surface area contributed by atoms with E-state index >= 15 is 0 Å². The third kappa shape index (κ3) is 3.33. The second-order valence-electron chi connectivity index (χ2n) is 5.75. The predicted molar refractivity (Wildman–Crippen MR) is 91.6 cm³/mol. The summed E-state index contributed by atoms with van der Waals surface area (Å²) >= 11 is 0. The summed E-state index contributed by atoms with van der Waals surface area (Å²) in [4.78, 5) is 15.1. The van der Waals surface area contributed by atoms with Crippen LogP contribution in [0.25, 0.3) is 0 Å². The molecule has 1 heterocycles. The van der Waals surface area contributed by atoms with E-state index in [4.69, 9.17) is 4.74 Å². The number of benzene rings is 2. The van der Waals surface area contributed by atoms with Gasteiger partial charge in [-0.05, 0) is 30.8 Å². The molecule has 2 aromatic rings. The first-order valence-electron chi connectivity index (χ1n) is 7.78. The zero-order chi connectivity index (χ0) is 17.1. The molecule has 0 radical (unpaired) electrons. The number of halogens is 1. The molecule has 0 aliphatic carbocycles. The highest BCUT2D eigenvalue weighted by Gasteiger charge is 2.31. The Labute approximate surface area is 140 Å². The topological polar surface area (TPSA) is 44.8 Å². The molecule has 1 fully saturated rings. The molecular weight excluding hydrogens is 309 g/mol. The van der Waals surface area contributed by atoms with E-state index in [1.54, 1.807) is 19.2 Å². The number of hydrogen-bond donors (Lipinski definition) is 1. The van der Waals surface area contributed by atoms with Crippen LogP contribution < -0.4 is 15.1 Å². The Morgan fingerprint density at radius 3 is 2.67 bits per heavy atom. The molecule has 1 aliphatic rings. The van der Waals surface area contributed by atoms with Crippen LogP contribution in [0.1, 0.15) is 5.56 Å². The summed E-state index contributed by atoms with van der Waals surface area (Å²) < 4.78 is 19.6. The molecule has 1 atom stereocenters. The molecule has 1 N–H and O–H groups in total. The molecule has 1 unspecified atom stereocenters. The van der Waals surface area contributed by atoms with Gasteiger partial charge < -0.3 is 9.64 Å². The number of carbonyl (C=O) groups is 1. The van der Waals surface area contributed by atoms with Gasteiger partial charge in [-0.25, -0.2) is 9.18 Å². The van der Waals surface area contributed by atoms with Crippen LogP contribution in [0.15, 0.2) is 48.5 Å². The van der Waals surface area contributed by atoms with Gasteiger partial charge in [-0.1, -0.05) is 30.3 Å². The number of rotatable bonds is 5. The molecular formula is C18H20FN3O2. The lowest BCUT2D eigenvalue weighted by Gasteiger charge is -2.21. The van der Waals surface area contributed by atoms with E-state index in [2.05, 4.69) is 5.32 Å². The number of carbonyl (C=O) groups excluding carboxylic acids is 1. The summed E-state index contributed by atoms with van der Waals surface area (Å²) in [6, 6.07) is 14.7. The Hall–Kier alpha value is -2.60. The van der Waals surface area contributed by atoms with E-state index in [0.717, 1.165) is 5.56 Å². The number of hydrogen-bond acceptors (Lipinski definition) is 4.